The first-order chi connectivity index (χ1) is 9.99. The molecule has 1 aromatic carbocycles. The quantitative estimate of drug-likeness (QED) is 0.662. The van der Waals surface area contributed by atoms with Gasteiger partial charge in [0, 0.05) is 43.4 Å². The fourth-order valence-electron chi connectivity index (χ4n) is 3.54. The van der Waals surface area contributed by atoms with Crippen molar-refractivity contribution in [1.29, 1.82) is 0 Å². The van der Waals surface area contributed by atoms with Crippen molar-refractivity contribution in [1.82, 2.24) is 10.2 Å². The topological polar surface area (TPSA) is 75.5 Å². The van der Waals surface area contributed by atoms with Crippen molar-refractivity contribution in [2.24, 2.45) is 11.8 Å². The van der Waals surface area contributed by atoms with Crippen LogP contribution >= 0.6 is 0 Å². The molecule has 0 bridgehead atoms. The molecule has 6 nitrogen and oxygen atoms in total. The lowest BCUT2D eigenvalue weighted by molar-refractivity contribution is -0.384. The maximum atomic E-state index is 12.8. The van der Waals surface area contributed by atoms with Gasteiger partial charge in [-0.15, -0.1) is 0 Å². The number of amides is 1. The molecule has 1 amide bonds. The highest BCUT2D eigenvalue weighted by Gasteiger charge is 2.44. The highest BCUT2D eigenvalue weighted by molar-refractivity contribution is 5.96. The molecule has 2 fully saturated rings. The van der Waals surface area contributed by atoms with Crippen LogP contribution in [-0.2, 0) is 0 Å². The molecular weight excluding hydrogens is 270 g/mol. The molecular formula is C15H19N3O3. The van der Waals surface area contributed by atoms with Crippen molar-refractivity contribution in [2.45, 2.75) is 19.9 Å². The second-order valence-electron chi connectivity index (χ2n) is 6.04. The minimum absolute atomic E-state index is 0.0299. The largest absolute Gasteiger partial charge is 0.335 e. The minimum atomic E-state index is -0.456. The summed E-state index contributed by atoms with van der Waals surface area (Å²) in [6, 6.07) is 4.67. The molecule has 21 heavy (non-hydrogen) atoms. The van der Waals surface area contributed by atoms with Crippen LogP contribution in [0.3, 0.4) is 0 Å². The van der Waals surface area contributed by atoms with Gasteiger partial charge in [-0.2, -0.15) is 0 Å². The molecule has 1 aromatic rings. The van der Waals surface area contributed by atoms with E-state index < -0.39 is 4.92 Å². The molecule has 2 heterocycles. The van der Waals surface area contributed by atoms with E-state index in [1.54, 1.807) is 6.07 Å². The second-order valence-corrected chi connectivity index (χ2v) is 6.04. The summed E-state index contributed by atoms with van der Waals surface area (Å²) in [5, 5.41) is 14.3. The Morgan fingerprint density at radius 1 is 1.43 bits per heavy atom. The summed E-state index contributed by atoms with van der Waals surface area (Å²) in [6.45, 7) is 6.53. The van der Waals surface area contributed by atoms with Gasteiger partial charge in [-0.1, -0.05) is 6.07 Å². The lowest BCUT2D eigenvalue weighted by Crippen LogP contribution is -2.38. The maximum absolute atomic E-state index is 12.8. The zero-order valence-electron chi connectivity index (χ0n) is 12.2. The van der Waals surface area contributed by atoms with Crippen molar-refractivity contribution in [3.8, 4) is 0 Å². The predicted molar refractivity (Wildman–Crippen MR) is 78.2 cm³/mol. The second kappa shape index (κ2) is 5.11. The normalized spacial score (nSPS) is 27.7. The summed E-state index contributed by atoms with van der Waals surface area (Å²) in [5.74, 6) is 0.911. The number of nitrogens with zero attached hydrogens (tertiary/aromatic N) is 2. The van der Waals surface area contributed by atoms with E-state index in [2.05, 4.69) is 12.2 Å². The summed E-state index contributed by atoms with van der Waals surface area (Å²) in [6.07, 6.45) is 0. The number of nitrogens with one attached hydrogen (secondary N) is 1. The summed E-state index contributed by atoms with van der Waals surface area (Å²) in [4.78, 5) is 25.1. The Labute approximate surface area is 123 Å². The fraction of sp³-hybridized carbons (Fsp3) is 0.533. The van der Waals surface area contributed by atoms with Gasteiger partial charge in [-0.05, 0) is 31.2 Å². The zero-order valence-corrected chi connectivity index (χ0v) is 12.2. The molecule has 2 saturated heterocycles. The number of nitro groups is 1. The van der Waals surface area contributed by atoms with E-state index in [1.807, 2.05) is 11.8 Å². The van der Waals surface area contributed by atoms with Gasteiger partial charge in [0.2, 0.25) is 0 Å². The first kappa shape index (κ1) is 14.0. The Balaban J connectivity index is 1.89. The number of non-ortho nitro benzene ring substituents is 1. The van der Waals surface area contributed by atoms with Crippen LogP contribution in [0.25, 0.3) is 0 Å². The van der Waals surface area contributed by atoms with Gasteiger partial charge in [-0.25, -0.2) is 0 Å². The molecule has 1 N–H and O–H groups in total. The van der Waals surface area contributed by atoms with Gasteiger partial charge < -0.3 is 10.2 Å². The van der Waals surface area contributed by atoms with E-state index in [0.29, 0.717) is 17.4 Å². The molecule has 3 rings (SSSR count). The smallest absolute Gasteiger partial charge is 0.270 e. The Bertz CT molecular complexity index is 602. The van der Waals surface area contributed by atoms with Crippen LogP contribution in [0.15, 0.2) is 18.2 Å². The number of aryl methyl sites for hydroxylation is 1. The van der Waals surface area contributed by atoms with Crippen molar-refractivity contribution < 1.29 is 9.72 Å². The Kier molecular flexibility index (Phi) is 3.41. The molecule has 0 spiro atoms. The van der Waals surface area contributed by atoms with Gasteiger partial charge in [-0.3, -0.25) is 14.9 Å². The van der Waals surface area contributed by atoms with E-state index >= 15 is 0 Å². The predicted octanol–water partition coefficient (Wildman–Crippen LogP) is 1.58. The van der Waals surface area contributed by atoms with Crippen LogP contribution in [0.4, 0.5) is 5.69 Å². The van der Waals surface area contributed by atoms with Gasteiger partial charge in [0.05, 0.1) is 4.92 Å². The van der Waals surface area contributed by atoms with Gasteiger partial charge in [0.15, 0.2) is 0 Å². The summed E-state index contributed by atoms with van der Waals surface area (Å²) in [5.41, 5.74) is 1.20. The average molecular weight is 289 g/mol. The molecule has 0 aromatic heterocycles. The zero-order chi connectivity index (χ0) is 15.1. The number of nitro benzene ring substituents is 1. The molecule has 3 atom stereocenters. The number of rotatable bonds is 2. The van der Waals surface area contributed by atoms with Crippen LogP contribution in [0.5, 0.6) is 0 Å². The average Bonchev–Trinajstić information content (AvgIpc) is 3.02. The summed E-state index contributed by atoms with van der Waals surface area (Å²) in [7, 11) is 0. The first-order valence-corrected chi connectivity index (χ1v) is 7.25. The van der Waals surface area contributed by atoms with Crippen molar-refractivity contribution in [2.75, 3.05) is 19.6 Å². The summed E-state index contributed by atoms with van der Waals surface area (Å²) >= 11 is 0. The Hall–Kier alpha value is -1.95. The van der Waals surface area contributed by atoms with Crippen LogP contribution in [0.2, 0.25) is 0 Å². The SMILES string of the molecule is Cc1ccc([N+](=O)[O-])cc1C(=O)N1CC2CNCC2C1C. The number of hydrogen-bond acceptors (Lipinski definition) is 4. The third-order valence-electron chi connectivity index (χ3n) is 4.86. The van der Waals surface area contributed by atoms with E-state index in [-0.39, 0.29) is 17.6 Å². The van der Waals surface area contributed by atoms with Gasteiger partial charge in [0.1, 0.15) is 0 Å². The summed E-state index contributed by atoms with van der Waals surface area (Å²) < 4.78 is 0. The van der Waals surface area contributed by atoms with E-state index in [1.165, 1.54) is 12.1 Å². The number of benzene rings is 1. The highest BCUT2D eigenvalue weighted by atomic mass is 16.6. The fourth-order valence-corrected chi connectivity index (χ4v) is 3.54. The molecule has 0 aliphatic carbocycles. The van der Waals surface area contributed by atoms with E-state index in [4.69, 9.17) is 0 Å². The number of likely N-dealkylation sites (tertiary alicyclic amines) is 1. The van der Waals surface area contributed by atoms with Gasteiger partial charge in [0.25, 0.3) is 11.6 Å². The molecule has 2 aliphatic heterocycles. The van der Waals surface area contributed by atoms with E-state index in [9.17, 15) is 14.9 Å². The van der Waals surface area contributed by atoms with Crippen molar-refractivity contribution in [3.05, 3.63) is 39.4 Å². The molecule has 2 aliphatic rings. The highest BCUT2D eigenvalue weighted by Crippen LogP contribution is 2.34. The minimum Gasteiger partial charge on any atom is -0.335 e. The Morgan fingerprint density at radius 3 is 2.86 bits per heavy atom. The van der Waals surface area contributed by atoms with Crippen LogP contribution in [0, 0.1) is 28.9 Å². The number of carbonyl (C=O) groups excluding carboxylic acids is 1. The van der Waals surface area contributed by atoms with Crippen LogP contribution < -0.4 is 5.32 Å². The number of carbonyl (C=O) groups is 1. The van der Waals surface area contributed by atoms with Crippen molar-refractivity contribution in [3.63, 3.8) is 0 Å². The van der Waals surface area contributed by atoms with Crippen molar-refractivity contribution >= 4 is 11.6 Å². The molecule has 6 heteroatoms. The molecule has 0 saturated carbocycles. The third kappa shape index (κ3) is 2.29. The number of hydrogen-bond donors (Lipinski definition) is 1. The monoisotopic (exact) mass is 289 g/mol. The standard InChI is InChI=1S/C15H19N3O3/c1-9-3-4-12(18(20)21)5-13(9)15(19)17-8-11-6-16-7-14(11)10(17)2/h3-5,10-11,14,16H,6-8H2,1-2H3. The molecule has 112 valence electrons. The van der Waals surface area contributed by atoms with Gasteiger partial charge >= 0.3 is 0 Å². The third-order valence-corrected chi connectivity index (χ3v) is 4.86. The van der Waals surface area contributed by atoms with E-state index in [0.717, 1.165) is 25.2 Å². The Morgan fingerprint density at radius 2 is 2.19 bits per heavy atom. The molecule has 0 radical (unpaired) electrons. The lowest BCUT2D eigenvalue weighted by Gasteiger charge is -2.25. The van der Waals surface area contributed by atoms with Crippen LogP contribution in [0.1, 0.15) is 22.8 Å². The molecule has 3 unspecified atom stereocenters. The lowest BCUT2D eigenvalue weighted by atomic mass is 9.95. The number of fused-ring (bicyclic) bond motifs is 1. The maximum Gasteiger partial charge on any atom is 0.270 e. The first-order valence-electron chi connectivity index (χ1n) is 7.25. The van der Waals surface area contributed by atoms with Crippen LogP contribution in [-0.4, -0.2) is 41.4 Å².